The maximum atomic E-state index is 12.6. The fraction of sp³-hybridized carbons (Fsp3) is 0.304. The number of amides is 2. The van der Waals surface area contributed by atoms with Gasteiger partial charge < -0.3 is 10.2 Å². The van der Waals surface area contributed by atoms with Gasteiger partial charge in [0.1, 0.15) is 0 Å². The molecule has 29 heavy (non-hydrogen) atoms. The summed E-state index contributed by atoms with van der Waals surface area (Å²) < 4.78 is 0. The Morgan fingerprint density at radius 1 is 1.07 bits per heavy atom. The van der Waals surface area contributed by atoms with Gasteiger partial charge in [-0.15, -0.1) is 0 Å². The summed E-state index contributed by atoms with van der Waals surface area (Å²) in [6.45, 7) is 3.08. The largest absolute Gasteiger partial charge is 0.349 e. The Kier molecular flexibility index (Phi) is 7.34. The standard InChI is InChI=1S/C23H24Cl2N2O2/c1-16(19-8-9-20(24)21(25)15-19)26-23(29)18-11-13-27(14-12-18)22(28)10-7-17-5-3-2-4-6-17/h2-10,15-16,18H,11-14H2,1H3,(H,26,29). The van der Waals surface area contributed by atoms with Crippen molar-refractivity contribution in [2.75, 3.05) is 13.1 Å². The molecule has 0 spiro atoms. The molecule has 0 bridgehead atoms. The first kappa shape index (κ1) is 21.4. The van der Waals surface area contributed by atoms with E-state index in [1.807, 2.05) is 49.4 Å². The molecule has 1 aliphatic rings. The summed E-state index contributed by atoms with van der Waals surface area (Å²) in [7, 11) is 0. The zero-order valence-electron chi connectivity index (χ0n) is 16.3. The Hall–Kier alpha value is -2.30. The van der Waals surface area contributed by atoms with E-state index in [0.717, 1.165) is 11.1 Å². The Labute approximate surface area is 181 Å². The van der Waals surface area contributed by atoms with E-state index < -0.39 is 0 Å². The molecule has 2 amide bonds. The van der Waals surface area contributed by atoms with Gasteiger partial charge in [0.25, 0.3) is 0 Å². The predicted molar refractivity (Wildman–Crippen MR) is 118 cm³/mol. The molecule has 2 aromatic carbocycles. The van der Waals surface area contributed by atoms with E-state index >= 15 is 0 Å². The third-order valence-electron chi connectivity index (χ3n) is 5.20. The molecular weight excluding hydrogens is 407 g/mol. The molecule has 1 atom stereocenters. The number of hydrogen-bond acceptors (Lipinski definition) is 2. The number of rotatable bonds is 5. The van der Waals surface area contributed by atoms with Crippen molar-refractivity contribution in [3.8, 4) is 0 Å². The highest BCUT2D eigenvalue weighted by Gasteiger charge is 2.27. The highest BCUT2D eigenvalue weighted by atomic mass is 35.5. The maximum Gasteiger partial charge on any atom is 0.246 e. The lowest BCUT2D eigenvalue weighted by atomic mass is 9.95. The molecule has 1 fully saturated rings. The van der Waals surface area contributed by atoms with Gasteiger partial charge in [0.05, 0.1) is 16.1 Å². The van der Waals surface area contributed by atoms with Crippen LogP contribution < -0.4 is 5.32 Å². The number of benzene rings is 2. The molecule has 1 heterocycles. The van der Waals surface area contributed by atoms with E-state index in [-0.39, 0.29) is 23.8 Å². The van der Waals surface area contributed by atoms with Gasteiger partial charge in [0, 0.05) is 25.1 Å². The van der Waals surface area contributed by atoms with Crippen molar-refractivity contribution in [3.63, 3.8) is 0 Å². The lowest BCUT2D eigenvalue weighted by Crippen LogP contribution is -2.43. The van der Waals surface area contributed by atoms with Crippen molar-refractivity contribution in [3.05, 3.63) is 75.8 Å². The second kappa shape index (κ2) is 9.95. The third-order valence-corrected chi connectivity index (χ3v) is 5.94. The number of carbonyl (C=O) groups excluding carboxylic acids is 2. The van der Waals surface area contributed by atoms with Crippen molar-refractivity contribution in [1.29, 1.82) is 0 Å². The number of halogens is 2. The first-order chi connectivity index (χ1) is 13.9. The molecule has 0 aliphatic carbocycles. The van der Waals surface area contributed by atoms with Crippen molar-refractivity contribution in [2.45, 2.75) is 25.8 Å². The number of likely N-dealkylation sites (tertiary alicyclic amines) is 1. The second-order valence-corrected chi connectivity index (χ2v) is 8.06. The normalized spacial score (nSPS) is 16.0. The Balaban J connectivity index is 1.49. The van der Waals surface area contributed by atoms with E-state index in [2.05, 4.69) is 5.32 Å². The SMILES string of the molecule is CC(NC(=O)C1CCN(C(=O)C=Cc2ccccc2)CC1)c1ccc(Cl)c(Cl)c1. The van der Waals surface area contributed by atoms with Crippen LogP contribution in [0.1, 0.15) is 36.9 Å². The maximum absolute atomic E-state index is 12.6. The van der Waals surface area contributed by atoms with Gasteiger partial charge in [-0.2, -0.15) is 0 Å². The number of nitrogens with zero attached hydrogens (tertiary/aromatic N) is 1. The lowest BCUT2D eigenvalue weighted by Gasteiger charge is -2.31. The number of piperidine rings is 1. The third kappa shape index (κ3) is 5.84. The Morgan fingerprint density at radius 2 is 1.76 bits per heavy atom. The molecule has 1 N–H and O–H groups in total. The molecule has 6 heteroatoms. The summed E-state index contributed by atoms with van der Waals surface area (Å²) in [5.74, 6) is -0.102. The van der Waals surface area contributed by atoms with Gasteiger partial charge in [0.15, 0.2) is 0 Å². The summed E-state index contributed by atoms with van der Waals surface area (Å²) in [6, 6.07) is 14.9. The number of hydrogen-bond donors (Lipinski definition) is 1. The molecule has 0 radical (unpaired) electrons. The van der Waals surface area contributed by atoms with Crippen LogP contribution >= 0.6 is 23.2 Å². The van der Waals surface area contributed by atoms with Gasteiger partial charge in [-0.3, -0.25) is 9.59 Å². The molecule has 3 rings (SSSR count). The fourth-order valence-electron chi connectivity index (χ4n) is 3.40. The predicted octanol–water partition coefficient (Wildman–Crippen LogP) is 5.12. The Bertz CT molecular complexity index is 891. The molecular formula is C23H24Cl2N2O2. The molecule has 152 valence electrons. The van der Waals surface area contributed by atoms with E-state index in [0.29, 0.717) is 36.0 Å². The van der Waals surface area contributed by atoms with Crippen LogP contribution in [0.4, 0.5) is 0 Å². The van der Waals surface area contributed by atoms with Crippen molar-refractivity contribution in [1.82, 2.24) is 10.2 Å². The lowest BCUT2D eigenvalue weighted by molar-refractivity contribution is -0.132. The second-order valence-electron chi connectivity index (χ2n) is 7.25. The Morgan fingerprint density at radius 3 is 2.41 bits per heavy atom. The zero-order valence-corrected chi connectivity index (χ0v) is 17.8. The van der Waals surface area contributed by atoms with Crippen LogP contribution in [-0.2, 0) is 9.59 Å². The van der Waals surface area contributed by atoms with Crippen molar-refractivity contribution in [2.24, 2.45) is 5.92 Å². The van der Waals surface area contributed by atoms with Crippen molar-refractivity contribution < 1.29 is 9.59 Å². The van der Waals surface area contributed by atoms with Crippen LogP contribution in [-0.4, -0.2) is 29.8 Å². The van der Waals surface area contributed by atoms with Gasteiger partial charge in [-0.25, -0.2) is 0 Å². The highest BCUT2D eigenvalue weighted by molar-refractivity contribution is 6.42. The zero-order chi connectivity index (χ0) is 20.8. The monoisotopic (exact) mass is 430 g/mol. The average molecular weight is 431 g/mol. The molecule has 0 saturated carbocycles. The summed E-state index contributed by atoms with van der Waals surface area (Å²) in [5.41, 5.74) is 1.90. The number of carbonyl (C=O) groups is 2. The van der Waals surface area contributed by atoms with Crippen LogP contribution in [0.15, 0.2) is 54.6 Å². The van der Waals surface area contributed by atoms with Gasteiger partial charge in [-0.05, 0) is 49.1 Å². The van der Waals surface area contributed by atoms with Crippen molar-refractivity contribution >= 4 is 41.1 Å². The minimum atomic E-state index is -0.161. The van der Waals surface area contributed by atoms with E-state index in [1.54, 1.807) is 23.1 Å². The van der Waals surface area contributed by atoms with E-state index in [9.17, 15) is 9.59 Å². The van der Waals surface area contributed by atoms with Crippen LogP contribution in [0.25, 0.3) is 6.08 Å². The molecule has 1 saturated heterocycles. The minimum Gasteiger partial charge on any atom is -0.349 e. The van der Waals surface area contributed by atoms with E-state index in [1.165, 1.54) is 0 Å². The summed E-state index contributed by atoms with van der Waals surface area (Å²) in [4.78, 5) is 26.8. The first-order valence-electron chi connectivity index (χ1n) is 9.71. The van der Waals surface area contributed by atoms with Crippen LogP contribution in [0, 0.1) is 5.92 Å². The summed E-state index contributed by atoms with van der Waals surface area (Å²) >= 11 is 12.0. The quantitative estimate of drug-likeness (QED) is 0.668. The van der Waals surface area contributed by atoms with Gasteiger partial charge >= 0.3 is 0 Å². The van der Waals surface area contributed by atoms with Gasteiger partial charge in [-0.1, -0.05) is 59.6 Å². The fourth-order valence-corrected chi connectivity index (χ4v) is 3.70. The topological polar surface area (TPSA) is 49.4 Å². The van der Waals surface area contributed by atoms with E-state index in [4.69, 9.17) is 23.2 Å². The van der Waals surface area contributed by atoms with Crippen LogP contribution in [0.5, 0.6) is 0 Å². The molecule has 0 aromatic heterocycles. The molecule has 1 unspecified atom stereocenters. The van der Waals surface area contributed by atoms with Gasteiger partial charge in [0.2, 0.25) is 11.8 Å². The summed E-state index contributed by atoms with van der Waals surface area (Å²) in [5, 5.41) is 4.01. The summed E-state index contributed by atoms with van der Waals surface area (Å²) in [6.07, 6.45) is 4.73. The average Bonchev–Trinajstić information content (AvgIpc) is 2.74. The van der Waals surface area contributed by atoms with Crippen LogP contribution in [0.3, 0.4) is 0 Å². The number of nitrogens with one attached hydrogen (secondary N) is 1. The molecule has 1 aliphatic heterocycles. The smallest absolute Gasteiger partial charge is 0.246 e. The molecule has 2 aromatic rings. The first-order valence-corrected chi connectivity index (χ1v) is 10.5. The highest BCUT2D eigenvalue weighted by Crippen LogP contribution is 2.26. The van der Waals surface area contributed by atoms with Crippen LogP contribution in [0.2, 0.25) is 10.0 Å². The minimum absolute atomic E-state index is 0.00972. The molecule has 4 nitrogen and oxygen atoms in total.